The Morgan fingerprint density at radius 3 is 2.71 bits per heavy atom. The SMILES string of the molecule is O=S(=O)(c1c(F)cc(F)cc1Br)N1CCn2cnnc2C1. The molecule has 0 fully saturated rings. The zero-order chi connectivity index (χ0) is 15.2. The van der Waals surface area contributed by atoms with Crippen LogP contribution in [0, 0.1) is 11.6 Å². The summed E-state index contributed by atoms with van der Waals surface area (Å²) >= 11 is 2.91. The first-order chi connectivity index (χ1) is 9.89. The van der Waals surface area contributed by atoms with E-state index in [1.165, 1.54) is 6.33 Å². The van der Waals surface area contributed by atoms with Crippen LogP contribution < -0.4 is 0 Å². The summed E-state index contributed by atoms with van der Waals surface area (Å²) in [6.45, 7) is 0.532. The van der Waals surface area contributed by atoms with Crippen LogP contribution in [0.4, 0.5) is 8.78 Å². The highest BCUT2D eigenvalue weighted by Gasteiger charge is 2.33. The van der Waals surface area contributed by atoms with Gasteiger partial charge in [-0.3, -0.25) is 0 Å². The standard InChI is InChI=1S/C11H9BrF2N4O2S/c12-8-3-7(13)4-9(14)11(8)21(19,20)18-2-1-17-6-15-16-10(17)5-18/h3-4,6H,1-2,5H2. The number of sulfonamides is 1. The van der Waals surface area contributed by atoms with Crippen LogP contribution >= 0.6 is 15.9 Å². The molecule has 1 aliphatic rings. The highest BCUT2D eigenvalue weighted by molar-refractivity contribution is 9.10. The van der Waals surface area contributed by atoms with Crippen molar-refractivity contribution in [1.82, 2.24) is 19.1 Å². The lowest BCUT2D eigenvalue weighted by atomic mass is 10.3. The molecule has 0 aliphatic carbocycles. The summed E-state index contributed by atoms with van der Waals surface area (Å²) in [5.74, 6) is -1.51. The van der Waals surface area contributed by atoms with E-state index in [4.69, 9.17) is 0 Å². The van der Waals surface area contributed by atoms with Gasteiger partial charge in [-0.15, -0.1) is 10.2 Å². The lowest BCUT2D eigenvalue weighted by Crippen LogP contribution is -2.38. The molecule has 6 nitrogen and oxygen atoms in total. The molecule has 0 bridgehead atoms. The third-order valence-electron chi connectivity index (χ3n) is 3.16. The average molecular weight is 379 g/mol. The van der Waals surface area contributed by atoms with Gasteiger partial charge in [-0.2, -0.15) is 4.31 Å². The van der Waals surface area contributed by atoms with Gasteiger partial charge in [-0.25, -0.2) is 17.2 Å². The van der Waals surface area contributed by atoms with Gasteiger partial charge >= 0.3 is 0 Å². The van der Waals surface area contributed by atoms with Crippen molar-refractivity contribution in [3.63, 3.8) is 0 Å². The Hall–Kier alpha value is -1.39. The molecule has 0 radical (unpaired) electrons. The molecule has 21 heavy (non-hydrogen) atoms. The molecule has 10 heteroatoms. The molecule has 1 aromatic carbocycles. The van der Waals surface area contributed by atoms with Crippen molar-refractivity contribution in [2.45, 2.75) is 18.0 Å². The molecule has 0 unspecified atom stereocenters. The Kier molecular flexibility index (Phi) is 3.54. The van der Waals surface area contributed by atoms with E-state index in [-0.39, 0.29) is 17.6 Å². The molecular formula is C11H9BrF2N4O2S. The van der Waals surface area contributed by atoms with E-state index >= 15 is 0 Å². The normalized spacial score (nSPS) is 16.0. The molecule has 0 amide bonds. The van der Waals surface area contributed by atoms with Gasteiger partial charge in [0.25, 0.3) is 0 Å². The Bertz CT molecular complexity index is 785. The summed E-state index contributed by atoms with van der Waals surface area (Å²) in [7, 11) is -4.10. The summed E-state index contributed by atoms with van der Waals surface area (Å²) in [5.41, 5.74) is 0. The van der Waals surface area contributed by atoms with E-state index in [9.17, 15) is 17.2 Å². The predicted molar refractivity (Wildman–Crippen MR) is 71.7 cm³/mol. The number of nitrogens with zero attached hydrogens (tertiary/aromatic N) is 4. The predicted octanol–water partition coefficient (Wildman–Crippen LogP) is 1.52. The molecule has 0 saturated carbocycles. The Balaban J connectivity index is 2.03. The fraction of sp³-hybridized carbons (Fsp3) is 0.273. The number of halogens is 3. The molecule has 112 valence electrons. The molecule has 0 spiro atoms. The zero-order valence-electron chi connectivity index (χ0n) is 10.5. The molecule has 0 saturated heterocycles. The second-order valence-electron chi connectivity index (χ2n) is 4.48. The molecule has 0 N–H and O–H groups in total. The van der Waals surface area contributed by atoms with Crippen LogP contribution in [0.2, 0.25) is 0 Å². The van der Waals surface area contributed by atoms with Crippen molar-refractivity contribution < 1.29 is 17.2 Å². The van der Waals surface area contributed by atoms with E-state index in [1.54, 1.807) is 4.57 Å². The Labute approximate surface area is 127 Å². The number of aromatic nitrogens is 3. The minimum absolute atomic E-state index is 0.00834. The largest absolute Gasteiger partial charge is 0.315 e. The van der Waals surface area contributed by atoms with Gasteiger partial charge in [-0.1, -0.05) is 0 Å². The maximum Gasteiger partial charge on any atom is 0.247 e. The first-order valence-corrected chi connectivity index (χ1v) is 8.14. The summed E-state index contributed by atoms with van der Waals surface area (Å²) in [6.07, 6.45) is 1.51. The van der Waals surface area contributed by atoms with Gasteiger partial charge in [0, 0.05) is 23.6 Å². The highest BCUT2D eigenvalue weighted by Crippen LogP contribution is 2.30. The number of fused-ring (bicyclic) bond motifs is 1. The highest BCUT2D eigenvalue weighted by atomic mass is 79.9. The van der Waals surface area contributed by atoms with E-state index in [0.29, 0.717) is 18.4 Å². The fourth-order valence-corrected chi connectivity index (χ4v) is 4.65. The van der Waals surface area contributed by atoms with Crippen LogP contribution in [0.1, 0.15) is 5.82 Å². The van der Waals surface area contributed by atoms with Crippen molar-refractivity contribution >= 4 is 26.0 Å². The first kappa shape index (κ1) is 14.5. The maximum absolute atomic E-state index is 13.9. The van der Waals surface area contributed by atoms with Gasteiger partial charge in [0.15, 0.2) is 0 Å². The summed E-state index contributed by atoms with van der Waals surface area (Å²) in [6, 6.07) is 1.46. The van der Waals surface area contributed by atoms with Gasteiger partial charge in [-0.05, 0) is 22.0 Å². The van der Waals surface area contributed by atoms with Crippen molar-refractivity contribution in [2.24, 2.45) is 0 Å². The number of hydrogen-bond acceptors (Lipinski definition) is 4. The lowest BCUT2D eigenvalue weighted by Gasteiger charge is -2.26. The number of hydrogen-bond donors (Lipinski definition) is 0. The molecule has 1 aliphatic heterocycles. The van der Waals surface area contributed by atoms with Crippen LogP contribution in [0.15, 0.2) is 27.8 Å². The zero-order valence-corrected chi connectivity index (χ0v) is 12.9. The van der Waals surface area contributed by atoms with Gasteiger partial charge in [0.05, 0.1) is 6.54 Å². The monoisotopic (exact) mass is 378 g/mol. The average Bonchev–Trinajstić information content (AvgIpc) is 2.83. The minimum Gasteiger partial charge on any atom is -0.315 e. The third kappa shape index (κ3) is 2.47. The summed E-state index contributed by atoms with van der Waals surface area (Å²) < 4.78 is 54.8. The van der Waals surface area contributed by atoms with E-state index in [1.807, 2.05) is 0 Å². The molecule has 0 atom stereocenters. The van der Waals surface area contributed by atoms with Gasteiger partial charge in [0.2, 0.25) is 10.0 Å². The molecule has 2 aromatic rings. The Morgan fingerprint density at radius 2 is 2.00 bits per heavy atom. The first-order valence-electron chi connectivity index (χ1n) is 5.91. The molecule has 2 heterocycles. The summed E-state index contributed by atoms with van der Waals surface area (Å²) in [5, 5.41) is 7.51. The van der Waals surface area contributed by atoms with E-state index in [2.05, 4.69) is 26.1 Å². The van der Waals surface area contributed by atoms with E-state index < -0.39 is 26.6 Å². The summed E-state index contributed by atoms with van der Waals surface area (Å²) in [4.78, 5) is -0.572. The van der Waals surface area contributed by atoms with Crippen molar-refractivity contribution in [1.29, 1.82) is 0 Å². The van der Waals surface area contributed by atoms with Crippen LogP contribution in [0.5, 0.6) is 0 Å². The smallest absolute Gasteiger partial charge is 0.247 e. The quantitative estimate of drug-likeness (QED) is 0.794. The number of rotatable bonds is 2. The van der Waals surface area contributed by atoms with Crippen LogP contribution in [0.25, 0.3) is 0 Å². The molecule has 3 rings (SSSR count). The number of benzene rings is 1. The van der Waals surface area contributed by atoms with Crippen molar-refractivity contribution in [3.05, 3.63) is 40.4 Å². The van der Waals surface area contributed by atoms with Crippen LogP contribution in [-0.4, -0.2) is 34.0 Å². The van der Waals surface area contributed by atoms with Gasteiger partial charge < -0.3 is 4.57 Å². The molecule has 1 aromatic heterocycles. The van der Waals surface area contributed by atoms with Crippen LogP contribution in [0.3, 0.4) is 0 Å². The van der Waals surface area contributed by atoms with Gasteiger partial charge in [0.1, 0.15) is 28.7 Å². The topological polar surface area (TPSA) is 68.1 Å². The third-order valence-corrected chi connectivity index (χ3v) is 5.97. The van der Waals surface area contributed by atoms with E-state index in [0.717, 1.165) is 10.4 Å². The Morgan fingerprint density at radius 1 is 1.24 bits per heavy atom. The van der Waals surface area contributed by atoms with Crippen molar-refractivity contribution in [3.8, 4) is 0 Å². The maximum atomic E-state index is 13.9. The van der Waals surface area contributed by atoms with Crippen molar-refractivity contribution in [2.75, 3.05) is 6.54 Å². The lowest BCUT2D eigenvalue weighted by molar-refractivity contribution is 0.333. The van der Waals surface area contributed by atoms with Crippen LogP contribution in [-0.2, 0) is 23.1 Å². The fourth-order valence-electron chi connectivity index (χ4n) is 2.15. The second kappa shape index (κ2) is 5.11. The minimum atomic E-state index is -4.10. The molecular weight excluding hydrogens is 370 g/mol. The second-order valence-corrected chi connectivity index (χ2v) is 7.21.